The van der Waals surface area contributed by atoms with Gasteiger partial charge < -0.3 is 14.1 Å². The molecule has 0 N–H and O–H groups in total. The maximum absolute atomic E-state index is 12.4. The van der Waals surface area contributed by atoms with Crippen LogP contribution in [-0.2, 0) is 21.4 Å². The van der Waals surface area contributed by atoms with E-state index in [0.717, 1.165) is 30.2 Å². The lowest BCUT2D eigenvalue weighted by molar-refractivity contribution is -0.384. The number of furan rings is 1. The number of anilines is 1. The van der Waals surface area contributed by atoms with Gasteiger partial charge in [0.1, 0.15) is 18.1 Å². The first-order chi connectivity index (χ1) is 14.6. The second-order valence-electron chi connectivity index (χ2n) is 7.71. The third-order valence-electron chi connectivity index (χ3n) is 5.25. The molecule has 0 spiro atoms. The molecule has 168 valence electrons. The van der Waals surface area contributed by atoms with Crippen molar-refractivity contribution >= 4 is 27.4 Å². The molecule has 1 aromatic heterocycles. The Hall–Kier alpha value is -2.92. The first-order valence-corrected chi connectivity index (χ1v) is 11.3. The van der Waals surface area contributed by atoms with Crippen LogP contribution in [0.1, 0.15) is 35.9 Å². The number of rotatable bonds is 7. The third-order valence-corrected chi connectivity index (χ3v) is 6.94. The molecule has 11 heteroatoms. The molecule has 0 amide bonds. The summed E-state index contributed by atoms with van der Waals surface area (Å²) in [6.07, 6.45) is 1.91. The normalized spacial score (nSPS) is 15.3. The number of nitro benzene ring substituents is 1. The van der Waals surface area contributed by atoms with E-state index in [-0.39, 0.29) is 28.7 Å². The Labute approximate surface area is 180 Å². The fourth-order valence-corrected chi connectivity index (χ4v) is 4.10. The van der Waals surface area contributed by atoms with Gasteiger partial charge in [-0.15, -0.1) is 0 Å². The smallest absolute Gasteiger partial charge is 0.338 e. The van der Waals surface area contributed by atoms with E-state index in [1.165, 1.54) is 38.4 Å². The Morgan fingerprint density at radius 1 is 1.26 bits per heavy atom. The second kappa shape index (κ2) is 9.06. The number of nitro groups is 1. The van der Waals surface area contributed by atoms with Gasteiger partial charge in [0.25, 0.3) is 15.7 Å². The van der Waals surface area contributed by atoms with Gasteiger partial charge in [0.05, 0.1) is 10.5 Å². The predicted molar refractivity (Wildman–Crippen MR) is 112 cm³/mol. The standard InChI is InChI=1S/C20H25N3O7S/c1-14-8-10-22(11-9-14)17-6-4-15(12-18(17)23(25)26)20(24)29-13-16-5-7-19(30-16)31(27,28)21(2)3/h4-7,12,14H,8-11,13H2,1-3H3. The van der Waals surface area contributed by atoms with Gasteiger partial charge in [0.2, 0.25) is 5.09 Å². The lowest BCUT2D eigenvalue weighted by Crippen LogP contribution is -2.33. The Balaban J connectivity index is 1.71. The van der Waals surface area contributed by atoms with Crippen molar-refractivity contribution in [3.8, 4) is 0 Å². The van der Waals surface area contributed by atoms with Crippen molar-refractivity contribution in [2.45, 2.75) is 31.5 Å². The average molecular weight is 452 g/mol. The first-order valence-electron chi connectivity index (χ1n) is 9.81. The molecule has 3 rings (SSSR count). The van der Waals surface area contributed by atoms with Gasteiger partial charge in [-0.3, -0.25) is 10.1 Å². The molecule has 31 heavy (non-hydrogen) atoms. The summed E-state index contributed by atoms with van der Waals surface area (Å²) in [5.74, 6) is -0.0444. The highest BCUT2D eigenvalue weighted by Crippen LogP contribution is 2.32. The Morgan fingerprint density at radius 3 is 2.55 bits per heavy atom. The number of hydrogen-bond donors (Lipinski definition) is 0. The summed E-state index contributed by atoms with van der Waals surface area (Å²) < 4.78 is 35.5. The number of esters is 1. The quantitative estimate of drug-likeness (QED) is 0.357. The van der Waals surface area contributed by atoms with Crippen LogP contribution in [0.3, 0.4) is 0 Å². The average Bonchev–Trinajstić information content (AvgIpc) is 3.22. The molecule has 1 fully saturated rings. The molecule has 0 aliphatic carbocycles. The fourth-order valence-electron chi connectivity index (χ4n) is 3.29. The molecule has 0 atom stereocenters. The van der Waals surface area contributed by atoms with E-state index in [1.807, 2.05) is 4.90 Å². The number of carbonyl (C=O) groups is 1. The summed E-state index contributed by atoms with van der Waals surface area (Å²) in [7, 11) is -0.987. The summed E-state index contributed by atoms with van der Waals surface area (Å²) in [6, 6.07) is 6.94. The maximum atomic E-state index is 12.4. The lowest BCUT2D eigenvalue weighted by Gasteiger charge is -2.31. The zero-order valence-electron chi connectivity index (χ0n) is 17.6. The number of hydrogen-bond acceptors (Lipinski definition) is 8. The molecule has 0 bridgehead atoms. The topological polar surface area (TPSA) is 123 Å². The van der Waals surface area contributed by atoms with Crippen LogP contribution in [0.4, 0.5) is 11.4 Å². The number of nitrogens with zero attached hydrogens (tertiary/aromatic N) is 3. The zero-order chi connectivity index (χ0) is 22.8. The van der Waals surface area contributed by atoms with Crippen LogP contribution < -0.4 is 4.90 Å². The zero-order valence-corrected chi connectivity index (χ0v) is 18.4. The number of benzene rings is 1. The van der Waals surface area contributed by atoms with Gasteiger partial charge in [-0.25, -0.2) is 17.5 Å². The molecular formula is C20H25N3O7S. The third kappa shape index (κ3) is 5.05. The molecule has 2 aromatic rings. The number of carbonyl (C=O) groups excluding carboxylic acids is 1. The van der Waals surface area contributed by atoms with E-state index in [4.69, 9.17) is 9.15 Å². The molecule has 0 saturated carbocycles. The summed E-state index contributed by atoms with van der Waals surface area (Å²) in [5.41, 5.74) is 0.368. The number of ether oxygens (including phenoxy) is 1. The summed E-state index contributed by atoms with van der Waals surface area (Å²) in [4.78, 5) is 25.5. The van der Waals surface area contributed by atoms with Crippen molar-refractivity contribution in [3.05, 3.63) is 51.8 Å². The minimum absolute atomic E-state index is 0.0357. The van der Waals surface area contributed by atoms with Crippen LogP contribution >= 0.6 is 0 Å². The van der Waals surface area contributed by atoms with Crippen LogP contribution in [0, 0.1) is 16.0 Å². The molecule has 0 unspecified atom stereocenters. The van der Waals surface area contributed by atoms with Gasteiger partial charge in [-0.05, 0) is 43.0 Å². The van der Waals surface area contributed by atoms with Crippen molar-refractivity contribution < 1.29 is 27.3 Å². The highest BCUT2D eigenvalue weighted by Gasteiger charge is 2.26. The second-order valence-corrected chi connectivity index (χ2v) is 9.80. The summed E-state index contributed by atoms with van der Waals surface area (Å²) >= 11 is 0. The SMILES string of the molecule is CC1CCN(c2ccc(C(=O)OCc3ccc(S(=O)(=O)N(C)C)o3)cc2[N+](=O)[O-])CC1. The maximum Gasteiger partial charge on any atom is 0.338 e. The molecular weight excluding hydrogens is 426 g/mol. The van der Waals surface area contributed by atoms with E-state index >= 15 is 0 Å². The van der Waals surface area contributed by atoms with Crippen LogP contribution in [0.15, 0.2) is 39.8 Å². The van der Waals surface area contributed by atoms with Crippen LogP contribution in [0.5, 0.6) is 0 Å². The lowest BCUT2D eigenvalue weighted by atomic mass is 9.98. The number of piperidine rings is 1. The largest absolute Gasteiger partial charge is 0.454 e. The van der Waals surface area contributed by atoms with Crippen LogP contribution in [-0.4, -0.2) is 50.8 Å². The van der Waals surface area contributed by atoms with Crippen molar-refractivity contribution in [1.82, 2.24) is 4.31 Å². The van der Waals surface area contributed by atoms with Crippen molar-refractivity contribution in [2.24, 2.45) is 5.92 Å². The Morgan fingerprint density at radius 2 is 1.94 bits per heavy atom. The highest BCUT2D eigenvalue weighted by atomic mass is 32.2. The Bertz CT molecular complexity index is 1070. The van der Waals surface area contributed by atoms with Crippen molar-refractivity contribution in [1.29, 1.82) is 0 Å². The minimum atomic E-state index is -3.73. The van der Waals surface area contributed by atoms with Gasteiger partial charge >= 0.3 is 5.97 Å². The van der Waals surface area contributed by atoms with Crippen LogP contribution in [0.2, 0.25) is 0 Å². The molecule has 1 aromatic carbocycles. The van der Waals surface area contributed by atoms with E-state index in [0.29, 0.717) is 11.6 Å². The fraction of sp³-hybridized carbons (Fsp3) is 0.450. The summed E-state index contributed by atoms with van der Waals surface area (Å²) in [6.45, 7) is 3.30. The molecule has 1 aliphatic heterocycles. The van der Waals surface area contributed by atoms with E-state index in [9.17, 15) is 23.3 Å². The monoisotopic (exact) mass is 451 g/mol. The first kappa shape index (κ1) is 22.8. The van der Waals surface area contributed by atoms with E-state index < -0.39 is 20.9 Å². The molecule has 1 saturated heterocycles. The molecule has 1 aliphatic rings. The predicted octanol–water partition coefficient (Wildman–Crippen LogP) is 3.03. The number of sulfonamides is 1. The van der Waals surface area contributed by atoms with Gasteiger partial charge in [0, 0.05) is 33.3 Å². The van der Waals surface area contributed by atoms with Crippen molar-refractivity contribution in [2.75, 3.05) is 32.1 Å². The summed E-state index contributed by atoms with van der Waals surface area (Å²) in [5, 5.41) is 11.3. The van der Waals surface area contributed by atoms with E-state index in [2.05, 4.69) is 6.92 Å². The van der Waals surface area contributed by atoms with Gasteiger partial charge in [-0.1, -0.05) is 6.92 Å². The van der Waals surface area contributed by atoms with Gasteiger partial charge in [0.15, 0.2) is 0 Å². The van der Waals surface area contributed by atoms with Crippen molar-refractivity contribution in [3.63, 3.8) is 0 Å². The Kier molecular flexibility index (Phi) is 6.65. The van der Waals surface area contributed by atoms with Gasteiger partial charge in [-0.2, -0.15) is 0 Å². The molecule has 10 nitrogen and oxygen atoms in total. The van der Waals surface area contributed by atoms with Crippen LogP contribution in [0.25, 0.3) is 0 Å². The highest BCUT2D eigenvalue weighted by molar-refractivity contribution is 7.88. The molecule has 0 radical (unpaired) electrons. The molecule has 2 heterocycles. The minimum Gasteiger partial charge on any atom is -0.454 e. The van der Waals surface area contributed by atoms with E-state index in [1.54, 1.807) is 6.07 Å².